The molecule has 0 aromatic carbocycles. The first-order valence-electron chi connectivity index (χ1n) is 4.23. The lowest BCUT2D eigenvalue weighted by atomic mass is 10.2. The Balaban J connectivity index is 2.23. The van der Waals surface area contributed by atoms with Crippen LogP contribution in [-0.2, 0) is 0 Å². The Labute approximate surface area is 79.2 Å². The van der Waals surface area contributed by atoms with Crippen molar-refractivity contribution in [1.29, 1.82) is 0 Å². The summed E-state index contributed by atoms with van der Waals surface area (Å²) in [7, 11) is 0. The van der Waals surface area contributed by atoms with Gasteiger partial charge in [0, 0.05) is 23.3 Å². The highest BCUT2D eigenvalue weighted by Gasteiger charge is 2.02. The molecule has 0 bridgehead atoms. The average Bonchev–Trinajstić information content (AvgIpc) is 2.88. The molecule has 0 aliphatic carbocycles. The highest BCUT2D eigenvalue weighted by atomic mass is 15.3. The smallest absolute Gasteiger partial charge is 0.137 e. The van der Waals surface area contributed by atoms with E-state index in [1.807, 2.05) is 18.3 Å². The van der Waals surface area contributed by atoms with Crippen molar-refractivity contribution >= 4 is 11.0 Å². The van der Waals surface area contributed by atoms with Gasteiger partial charge in [-0.2, -0.15) is 15.4 Å². The Kier molecular flexibility index (Phi) is 1.38. The first-order chi connectivity index (χ1) is 6.93. The largest absolute Gasteiger partial charge is 0.346 e. The molecule has 2 N–H and O–H groups in total. The van der Waals surface area contributed by atoms with Gasteiger partial charge in [-0.15, -0.1) is 0 Å². The summed E-state index contributed by atoms with van der Waals surface area (Å²) in [6.45, 7) is 0. The minimum Gasteiger partial charge on any atom is -0.346 e. The Morgan fingerprint density at radius 1 is 1.21 bits per heavy atom. The Hall–Kier alpha value is -2.17. The number of aromatic nitrogens is 5. The predicted octanol–water partition coefficient (Wildman–Crippen LogP) is 1.35. The van der Waals surface area contributed by atoms with Gasteiger partial charge in [-0.25, -0.2) is 4.98 Å². The molecule has 68 valence electrons. The molecule has 0 fully saturated rings. The summed E-state index contributed by atoms with van der Waals surface area (Å²) >= 11 is 0. The first-order valence-corrected chi connectivity index (χ1v) is 4.23. The number of hydrogen-bond donors (Lipinski definition) is 2. The number of nitrogens with one attached hydrogen (secondary N) is 2. The van der Waals surface area contributed by atoms with Gasteiger partial charge in [-0.3, -0.25) is 0 Å². The molecule has 0 aliphatic rings. The molecule has 0 aliphatic heterocycles. The van der Waals surface area contributed by atoms with Gasteiger partial charge in [0.05, 0.1) is 6.20 Å². The van der Waals surface area contributed by atoms with Crippen LogP contribution in [0, 0.1) is 0 Å². The molecule has 5 heteroatoms. The standard InChI is InChI=1S/C9H7N5/c1-2-10-9-6(1)3-7(4-11-9)8-5-12-14-13-8/h1-5H,(H,10,11)(H,12,13,14). The molecular weight excluding hydrogens is 178 g/mol. The maximum absolute atomic E-state index is 4.26. The van der Waals surface area contributed by atoms with Gasteiger partial charge in [0.2, 0.25) is 0 Å². The molecule has 3 aromatic rings. The number of nitrogens with zero attached hydrogens (tertiary/aromatic N) is 3. The predicted molar refractivity (Wildman–Crippen MR) is 51.5 cm³/mol. The third-order valence-corrected chi connectivity index (χ3v) is 2.11. The van der Waals surface area contributed by atoms with E-state index in [0.29, 0.717) is 0 Å². The highest BCUT2D eigenvalue weighted by molar-refractivity contribution is 5.80. The van der Waals surface area contributed by atoms with E-state index in [0.717, 1.165) is 22.3 Å². The van der Waals surface area contributed by atoms with Gasteiger partial charge in [0.15, 0.2) is 0 Å². The van der Waals surface area contributed by atoms with Crippen LogP contribution in [0.1, 0.15) is 0 Å². The zero-order chi connectivity index (χ0) is 9.38. The van der Waals surface area contributed by atoms with Gasteiger partial charge >= 0.3 is 0 Å². The van der Waals surface area contributed by atoms with E-state index in [1.54, 1.807) is 12.4 Å². The molecule has 3 rings (SSSR count). The zero-order valence-electron chi connectivity index (χ0n) is 7.23. The molecule has 3 aromatic heterocycles. The van der Waals surface area contributed by atoms with Crippen LogP contribution in [0.5, 0.6) is 0 Å². The number of pyridine rings is 1. The van der Waals surface area contributed by atoms with Crippen LogP contribution in [0.2, 0.25) is 0 Å². The summed E-state index contributed by atoms with van der Waals surface area (Å²) in [5.41, 5.74) is 2.66. The number of H-pyrrole nitrogens is 2. The van der Waals surface area contributed by atoms with Crippen LogP contribution in [0.25, 0.3) is 22.3 Å². The van der Waals surface area contributed by atoms with E-state index in [9.17, 15) is 0 Å². The van der Waals surface area contributed by atoms with E-state index in [1.165, 1.54) is 0 Å². The van der Waals surface area contributed by atoms with Crippen molar-refractivity contribution in [2.75, 3.05) is 0 Å². The lowest BCUT2D eigenvalue weighted by Crippen LogP contribution is -1.81. The number of hydrogen-bond acceptors (Lipinski definition) is 3. The molecule has 14 heavy (non-hydrogen) atoms. The molecule has 0 atom stereocenters. The molecule has 0 saturated carbocycles. The summed E-state index contributed by atoms with van der Waals surface area (Å²) in [6, 6.07) is 4.00. The normalized spacial score (nSPS) is 10.9. The zero-order valence-corrected chi connectivity index (χ0v) is 7.23. The SMILES string of the molecule is c1cc2cc(-c3cn[nH]n3)cnc2[nH]1. The van der Waals surface area contributed by atoms with Crippen LogP contribution in [0.4, 0.5) is 0 Å². The lowest BCUT2D eigenvalue weighted by molar-refractivity contribution is 0.942. The summed E-state index contributed by atoms with van der Waals surface area (Å²) in [5, 5.41) is 11.4. The van der Waals surface area contributed by atoms with Crippen LogP contribution in [0.15, 0.2) is 30.7 Å². The van der Waals surface area contributed by atoms with E-state index in [4.69, 9.17) is 0 Å². The Bertz CT molecular complexity index is 551. The highest BCUT2D eigenvalue weighted by Crippen LogP contribution is 2.18. The number of aromatic amines is 2. The van der Waals surface area contributed by atoms with Gasteiger partial charge in [0.25, 0.3) is 0 Å². The van der Waals surface area contributed by atoms with Crippen LogP contribution >= 0.6 is 0 Å². The first kappa shape index (κ1) is 7.25. The van der Waals surface area contributed by atoms with Crippen molar-refractivity contribution in [3.63, 3.8) is 0 Å². The molecule has 3 heterocycles. The van der Waals surface area contributed by atoms with Crippen molar-refractivity contribution in [2.24, 2.45) is 0 Å². The lowest BCUT2D eigenvalue weighted by Gasteiger charge is -1.94. The molecule has 0 amide bonds. The van der Waals surface area contributed by atoms with Crippen molar-refractivity contribution < 1.29 is 0 Å². The summed E-state index contributed by atoms with van der Waals surface area (Å²) in [6.07, 6.45) is 5.32. The van der Waals surface area contributed by atoms with E-state index < -0.39 is 0 Å². The molecular formula is C9H7N5. The van der Waals surface area contributed by atoms with Gasteiger partial charge in [-0.1, -0.05) is 0 Å². The monoisotopic (exact) mass is 185 g/mol. The van der Waals surface area contributed by atoms with E-state index in [-0.39, 0.29) is 0 Å². The Morgan fingerprint density at radius 2 is 2.21 bits per heavy atom. The summed E-state index contributed by atoms with van der Waals surface area (Å²) < 4.78 is 0. The minimum atomic E-state index is 0.806. The molecule has 0 saturated heterocycles. The third kappa shape index (κ3) is 0.990. The summed E-state index contributed by atoms with van der Waals surface area (Å²) in [5.74, 6) is 0. The van der Waals surface area contributed by atoms with Crippen molar-refractivity contribution in [3.8, 4) is 11.3 Å². The molecule has 0 radical (unpaired) electrons. The number of fused-ring (bicyclic) bond motifs is 1. The van der Waals surface area contributed by atoms with Gasteiger partial charge < -0.3 is 4.98 Å². The fourth-order valence-electron chi connectivity index (χ4n) is 1.42. The second kappa shape index (κ2) is 2.66. The molecule has 0 spiro atoms. The maximum atomic E-state index is 4.26. The maximum Gasteiger partial charge on any atom is 0.137 e. The number of rotatable bonds is 1. The van der Waals surface area contributed by atoms with Crippen LogP contribution in [0.3, 0.4) is 0 Å². The van der Waals surface area contributed by atoms with Crippen molar-refractivity contribution in [2.45, 2.75) is 0 Å². The second-order valence-electron chi connectivity index (χ2n) is 2.99. The van der Waals surface area contributed by atoms with Crippen molar-refractivity contribution in [1.82, 2.24) is 25.4 Å². The Morgan fingerprint density at radius 3 is 3.07 bits per heavy atom. The van der Waals surface area contributed by atoms with Gasteiger partial charge in [-0.05, 0) is 12.1 Å². The summed E-state index contributed by atoms with van der Waals surface area (Å²) in [4.78, 5) is 7.30. The average molecular weight is 185 g/mol. The van der Waals surface area contributed by atoms with Gasteiger partial charge in [0.1, 0.15) is 11.3 Å². The molecule has 0 unspecified atom stereocenters. The van der Waals surface area contributed by atoms with Crippen molar-refractivity contribution in [3.05, 3.63) is 30.7 Å². The fourth-order valence-corrected chi connectivity index (χ4v) is 1.42. The van der Waals surface area contributed by atoms with Crippen LogP contribution < -0.4 is 0 Å². The van der Waals surface area contributed by atoms with E-state index in [2.05, 4.69) is 25.4 Å². The van der Waals surface area contributed by atoms with Crippen LogP contribution in [-0.4, -0.2) is 25.4 Å². The molecule has 5 nitrogen and oxygen atoms in total. The second-order valence-corrected chi connectivity index (χ2v) is 2.99. The fraction of sp³-hybridized carbons (Fsp3) is 0. The quantitative estimate of drug-likeness (QED) is 0.601. The minimum absolute atomic E-state index is 0.806. The third-order valence-electron chi connectivity index (χ3n) is 2.11. The topological polar surface area (TPSA) is 70.2 Å². The van der Waals surface area contributed by atoms with E-state index >= 15 is 0 Å².